The summed E-state index contributed by atoms with van der Waals surface area (Å²) in [5.41, 5.74) is 4.14. The average Bonchev–Trinajstić information content (AvgIpc) is 3.29. The number of carbonyl (C=O) groups is 1. The number of hydrogen-bond donors (Lipinski definition) is 3. The van der Waals surface area contributed by atoms with Crippen LogP contribution in [-0.2, 0) is 16.8 Å². The Morgan fingerprint density at radius 3 is 2.50 bits per heavy atom. The Kier molecular flexibility index (Phi) is 5.64. The highest BCUT2D eigenvalue weighted by Gasteiger charge is 2.42. The molecule has 34 heavy (non-hydrogen) atoms. The number of anilines is 1. The molecule has 7 heteroatoms. The number of rotatable bonds is 6. The number of hydrogen-bond acceptors (Lipinski definition) is 6. The summed E-state index contributed by atoms with van der Waals surface area (Å²) in [5.74, 6) is -0.241. The highest BCUT2D eigenvalue weighted by Crippen LogP contribution is 2.48. The average molecular weight is 476 g/mol. The van der Waals surface area contributed by atoms with Crippen molar-refractivity contribution in [1.29, 1.82) is 0 Å². The molecule has 0 saturated heterocycles. The standard InChI is InChI=1S/C27H26N2O4S/c1-27(2)19-7-3-4-8-20(19)28(11-13-30)23(27)15-17-25(32)18(26(17)33)16-24-29(12-14-31)21-9-5-6-10-22(21)34-24/h3-10,15-16,30-31H,11-14H2,1-2H3/p+1. The Labute approximate surface area is 202 Å². The van der Waals surface area contributed by atoms with E-state index in [1.165, 1.54) is 11.3 Å². The maximum atomic E-state index is 13.1. The summed E-state index contributed by atoms with van der Waals surface area (Å²) in [7, 11) is 0. The van der Waals surface area contributed by atoms with Gasteiger partial charge in [0.1, 0.15) is 17.1 Å². The summed E-state index contributed by atoms with van der Waals surface area (Å²) in [6, 6.07) is 15.9. The maximum Gasteiger partial charge on any atom is 0.263 e. The van der Waals surface area contributed by atoms with Crippen LogP contribution >= 0.6 is 11.3 Å². The first-order valence-electron chi connectivity index (χ1n) is 11.3. The van der Waals surface area contributed by atoms with Crippen molar-refractivity contribution >= 4 is 39.1 Å². The number of allylic oxidation sites excluding steroid dienone is 4. The molecule has 0 bridgehead atoms. The van der Waals surface area contributed by atoms with Gasteiger partial charge in [-0.05, 0) is 23.8 Å². The number of ketones is 1. The van der Waals surface area contributed by atoms with Crippen molar-refractivity contribution < 1.29 is 24.7 Å². The summed E-state index contributed by atoms with van der Waals surface area (Å²) < 4.78 is 3.01. The van der Waals surface area contributed by atoms with E-state index in [1.54, 1.807) is 12.2 Å². The van der Waals surface area contributed by atoms with Gasteiger partial charge in [0, 0.05) is 35.5 Å². The van der Waals surface area contributed by atoms with Crippen molar-refractivity contribution in [2.45, 2.75) is 25.8 Å². The molecule has 0 radical (unpaired) electrons. The topological polar surface area (TPSA) is 84.9 Å². The van der Waals surface area contributed by atoms with E-state index in [1.807, 2.05) is 51.9 Å². The molecule has 1 aromatic heterocycles. The Balaban J connectivity index is 1.57. The van der Waals surface area contributed by atoms with Gasteiger partial charge in [-0.25, -0.2) is 0 Å². The molecule has 3 N–H and O–H groups in total. The number of aliphatic hydroxyl groups excluding tert-OH is 3. The highest BCUT2D eigenvalue weighted by molar-refractivity contribution is 7.18. The molecule has 5 rings (SSSR count). The van der Waals surface area contributed by atoms with Gasteiger partial charge in [-0.2, -0.15) is 4.57 Å². The van der Waals surface area contributed by atoms with Crippen LogP contribution in [-0.4, -0.2) is 40.9 Å². The van der Waals surface area contributed by atoms with Gasteiger partial charge in [0.15, 0.2) is 6.54 Å². The molecule has 0 saturated carbocycles. The van der Waals surface area contributed by atoms with Crippen LogP contribution in [0.5, 0.6) is 0 Å². The van der Waals surface area contributed by atoms with E-state index in [2.05, 4.69) is 19.9 Å². The van der Waals surface area contributed by atoms with E-state index in [9.17, 15) is 20.1 Å². The van der Waals surface area contributed by atoms with E-state index in [-0.39, 0.29) is 41.3 Å². The van der Waals surface area contributed by atoms with Crippen LogP contribution in [0.4, 0.5) is 5.69 Å². The van der Waals surface area contributed by atoms with Crippen molar-refractivity contribution in [2.75, 3.05) is 24.7 Å². The molecule has 0 amide bonds. The summed E-state index contributed by atoms with van der Waals surface area (Å²) in [6.07, 6.45) is 3.47. The fourth-order valence-corrected chi connectivity index (χ4v) is 6.03. The monoisotopic (exact) mass is 475 g/mol. The van der Waals surface area contributed by atoms with E-state index in [0.29, 0.717) is 13.1 Å². The Bertz CT molecular complexity index is 1400. The lowest BCUT2D eigenvalue weighted by Crippen LogP contribution is -2.37. The third-order valence-electron chi connectivity index (χ3n) is 6.63. The molecule has 174 valence electrons. The van der Waals surface area contributed by atoms with Crippen LogP contribution in [0, 0.1) is 0 Å². The number of thiazole rings is 1. The van der Waals surface area contributed by atoms with Gasteiger partial charge in [-0.15, -0.1) is 0 Å². The van der Waals surface area contributed by atoms with Gasteiger partial charge in [-0.1, -0.05) is 55.5 Å². The molecular formula is C27H27N2O4S+. The Morgan fingerprint density at radius 1 is 1.03 bits per heavy atom. The largest absolute Gasteiger partial charge is 0.506 e. The third kappa shape index (κ3) is 3.39. The molecular weight excluding hydrogens is 448 g/mol. The molecule has 0 atom stereocenters. The zero-order valence-corrected chi connectivity index (χ0v) is 20.0. The van der Waals surface area contributed by atoms with Crippen molar-refractivity contribution in [3.63, 3.8) is 0 Å². The molecule has 0 spiro atoms. The zero-order chi connectivity index (χ0) is 24.0. The minimum Gasteiger partial charge on any atom is -0.506 e. The van der Waals surface area contributed by atoms with Gasteiger partial charge in [0.2, 0.25) is 11.3 Å². The maximum absolute atomic E-state index is 13.1. The molecule has 1 aliphatic heterocycles. The minimum absolute atomic E-state index is 0.0228. The lowest BCUT2D eigenvalue weighted by atomic mass is 9.80. The van der Waals surface area contributed by atoms with Crippen LogP contribution in [0.15, 0.2) is 77.2 Å². The van der Waals surface area contributed by atoms with Gasteiger partial charge < -0.3 is 20.2 Å². The predicted octanol–water partition coefficient (Wildman–Crippen LogP) is 3.63. The second kappa shape index (κ2) is 8.51. The summed E-state index contributed by atoms with van der Waals surface area (Å²) in [4.78, 5) is 15.2. The van der Waals surface area contributed by atoms with E-state index < -0.39 is 0 Å². The van der Waals surface area contributed by atoms with E-state index >= 15 is 0 Å². The summed E-state index contributed by atoms with van der Waals surface area (Å²) in [5, 5.41) is 30.9. The van der Waals surface area contributed by atoms with E-state index in [4.69, 9.17) is 0 Å². The quantitative estimate of drug-likeness (QED) is 0.375. The van der Waals surface area contributed by atoms with Crippen molar-refractivity contribution in [2.24, 2.45) is 0 Å². The lowest BCUT2D eigenvalue weighted by molar-refractivity contribution is -0.670. The Hall–Kier alpha value is -3.26. The first kappa shape index (κ1) is 22.5. The van der Waals surface area contributed by atoms with Gasteiger partial charge >= 0.3 is 0 Å². The lowest BCUT2D eigenvalue weighted by Gasteiger charge is -2.28. The first-order valence-corrected chi connectivity index (χ1v) is 12.1. The minimum atomic E-state index is -0.381. The number of nitrogens with zero attached hydrogens (tertiary/aromatic N) is 2. The number of benzene rings is 2. The van der Waals surface area contributed by atoms with Crippen LogP contribution in [0.2, 0.25) is 0 Å². The Morgan fingerprint density at radius 2 is 1.76 bits per heavy atom. The summed E-state index contributed by atoms with van der Waals surface area (Å²) >= 11 is 1.52. The van der Waals surface area contributed by atoms with Crippen LogP contribution in [0.3, 0.4) is 0 Å². The normalized spacial score (nSPS) is 19.4. The van der Waals surface area contributed by atoms with E-state index in [0.717, 1.165) is 32.2 Å². The molecule has 3 aromatic rings. The smallest absolute Gasteiger partial charge is 0.263 e. The van der Waals surface area contributed by atoms with Crippen molar-refractivity contribution in [3.05, 3.63) is 87.8 Å². The van der Waals surface area contributed by atoms with Crippen LogP contribution < -0.4 is 9.47 Å². The number of fused-ring (bicyclic) bond motifs is 2. The SMILES string of the molecule is CC1(C)C(=CC2=C(O)C(=Cc3sc4ccccc4[n+]3CCO)C2=O)N(CCO)c2ccccc21. The first-order chi connectivity index (χ1) is 16.4. The number of aliphatic hydroxyl groups is 3. The molecule has 2 heterocycles. The fraction of sp³-hybridized carbons (Fsp3) is 0.259. The van der Waals surface area contributed by atoms with Crippen LogP contribution in [0.1, 0.15) is 24.4 Å². The van der Waals surface area contributed by atoms with Crippen molar-refractivity contribution in [1.82, 2.24) is 0 Å². The number of carbonyl (C=O) groups excluding carboxylic acids is 1. The highest BCUT2D eigenvalue weighted by atomic mass is 32.1. The van der Waals surface area contributed by atoms with Gasteiger partial charge in [0.05, 0.1) is 17.8 Å². The van der Waals surface area contributed by atoms with Crippen molar-refractivity contribution in [3.8, 4) is 0 Å². The van der Waals surface area contributed by atoms with Gasteiger partial charge in [0.25, 0.3) is 5.01 Å². The molecule has 1 aliphatic carbocycles. The second-order valence-corrected chi connectivity index (χ2v) is 10.0. The third-order valence-corrected chi connectivity index (χ3v) is 7.74. The molecule has 2 aromatic carbocycles. The fourth-order valence-electron chi connectivity index (χ4n) is 4.90. The number of Topliss-reactive ketones (excluding diaryl/α,β-unsaturated/α-hetero) is 1. The summed E-state index contributed by atoms with van der Waals surface area (Å²) in [6.45, 7) is 4.93. The molecule has 6 nitrogen and oxygen atoms in total. The molecule has 0 fully saturated rings. The molecule has 2 aliphatic rings. The van der Waals surface area contributed by atoms with Crippen LogP contribution in [0.25, 0.3) is 16.3 Å². The van der Waals surface area contributed by atoms with Gasteiger partial charge in [-0.3, -0.25) is 4.79 Å². The number of para-hydroxylation sites is 2. The molecule has 0 unspecified atom stereocenters. The second-order valence-electron chi connectivity index (χ2n) is 8.98. The zero-order valence-electron chi connectivity index (χ0n) is 19.2. The number of β-amino-alcohol motifs (C(OH)–C–C–N with tert-alkyl or cyclic N) is 1. The number of aromatic nitrogens is 1. The predicted molar refractivity (Wildman–Crippen MR) is 134 cm³/mol.